The summed E-state index contributed by atoms with van der Waals surface area (Å²) in [6.07, 6.45) is 20.2. The molecule has 0 aromatic rings. The monoisotopic (exact) mass is 297 g/mol. The summed E-state index contributed by atoms with van der Waals surface area (Å²) in [5, 5.41) is 0. The Balaban J connectivity index is 1.87. The third-order valence-electron chi connectivity index (χ3n) is 5.04. The number of hydrogen-bond donors (Lipinski definition) is 1. The minimum Gasteiger partial charge on any atom is -0.374 e. The quantitative estimate of drug-likeness (QED) is 0.450. The Kier molecular flexibility index (Phi) is 11.3. The van der Waals surface area contributed by atoms with E-state index in [0.717, 1.165) is 6.61 Å². The predicted molar refractivity (Wildman–Crippen MR) is 92.7 cm³/mol. The maximum atomic E-state index is 6.17. The van der Waals surface area contributed by atoms with Crippen LogP contribution in [0.15, 0.2) is 0 Å². The van der Waals surface area contributed by atoms with E-state index in [-0.39, 0.29) is 5.60 Å². The molecule has 0 atom stereocenters. The van der Waals surface area contributed by atoms with Gasteiger partial charge in [-0.1, -0.05) is 84.0 Å². The lowest BCUT2D eigenvalue weighted by Gasteiger charge is -2.36. The van der Waals surface area contributed by atoms with Crippen molar-refractivity contribution >= 4 is 0 Å². The van der Waals surface area contributed by atoms with E-state index in [1.165, 1.54) is 96.3 Å². The standard InChI is InChI=1S/C19H39NO/c1-2-3-4-5-6-7-8-9-10-14-17-21-19(18-20)15-12-11-13-16-19/h2-18,20H2,1H3. The zero-order valence-corrected chi connectivity index (χ0v) is 14.5. The first-order chi connectivity index (χ1) is 10.3. The molecule has 0 aliphatic heterocycles. The molecule has 21 heavy (non-hydrogen) atoms. The highest BCUT2D eigenvalue weighted by atomic mass is 16.5. The lowest BCUT2D eigenvalue weighted by atomic mass is 9.84. The van der Waals surface area contributed by atoms with Gasteiger partial charge in [-0.2, -0.15) is 0 Å². The van der Waals surface area contributed by atoms with Gasteiger partial charge in [-0.15, -0.1) is 0 Å². The molecule has 1 aliphatic rings. The van der Waals surface area contributed by atoms with Crippen molar-refractivity contribution in [1.29, 1.82) is 0 Å². The number of hydrogen-bond acceptors (Lipinski definition) is 2. The van der Waals surface area contributed by atoms with E-state index >= 15 is 0 Å². The Labute approximate surface area is 133 Å². The molecule has 1 aliphatic carbocycles. The summed E-state index contributed by atoms with van der Waals surface area (Å²) in [5.41, 5.74) is 5.98. The first-order valence-electron chi connectivity index (χ1n) is 9.67. The molecule has 126 valence electrons. The van der Waals surface area contributed by atoms with Gasteiger partial charge in [0.15, 0.2) is 0 Å². The first-order valence-corrected chi connectivity index (χ1v) is 9.67. The highest BCUT2D eigenvalue weighted by Crippen LogP contribution is 2.30. The van der Waals surface area contributed by atoms with E-state index in [2.05, 4.69) is 6.92 Å². The van der Waals surface area contributed by atoms with Crippen LogP contribution in [0, 0.1) is 0 Å². The Hall–Kier alpha value is -0.0800. The zero-order valence-electron chi connectivity index (χ0n) is 14.5. The van der Waals surface area contributed by atoms with Crippen LogP contribution in [-0.4, -0.2) is 18.8 Å². The summed E-state index contributed by atoms with van der Waals surface area (Å²) < 4.78 is 6.17. The smallest absolute Gasteiger partial charge is 0.0804 e. The second-order valence-electron chi connectivity index (χ2n) is 6.98. The molecular weight excluding hydrogens is 258 g/mol. The highest BCUT2D eigenvalue weighted by molar-refractivity contribution is 4.85. The van der Waals surface area contributed by atoms with Gasteiger partial charge >= 0.3 is 0 Å². The van der Waals surface area contributed by atoms with Gasteiger partial charge in [-0.3, -0.25) is 0 Å². The van der Waals surface area contributed by atoms with E-state index < -0.39 is 0 Å². The van der Waals surface area contributed by atoms with Crippen molar-refractivity contribution in [2.45, 2.75) is 109 Å². The predicted octanol–water partition coefficient (Wildman–Crippen LogP) is 5.59. The number of unbranched alkanes of at least 4 members (excludes halogenated alkanes) is 9. The molecule has 0 saturated heterocycles. The van der Waals surface area contributed by atoms with Crippen molar-refractivity contribution < 1.29 is 4.74 Å². The molecule has 1 saturated carbocycles. The van der Waals surface area contributed by atoms with Crippen LogP contribution in [-0.2, 0) is 4.74 Å². The summed E-state index contributed by atoms with van der Waals surface area (Å²) in [6, 6.07) is 0. The number of ether oxygens (including phenoxy) is 1. The maximum absolute atomic E-state index is 6.17. The molecule has 0 aromatic carbocycles. The number of nitrogens with two attached hydrogens (primary N) is 1. The second-order valence-corrected chi connectivity index (χ2v) is 6.98. The molecule has 0 aromatic heterocycles. The molecule has 2 N–H and O–H groups in total. The molecule has 0 bridgehead atoms. The highest BCUT2D eigenvalue weighted by Gasteiger charge is 2.30. The average Bonchev–Trinajstić information content (AvgIpc) is 2.53. The van der Waals surface area contributed by atoms with E-state index in [4.69, 9.17) is 10.5 Å². The van der Waals surface area contributed by atoms with Gasteiger partial charge in [0.2, 0.25) is 0 Å². The summed E-state index contributed by atoms with van der Waals surface area (Å²) in [6.45, 7) is 3.92. The van der Waals surface area contributed by atoms with E-state index in [0.29, 0.717) is 6.54 Å². The third-order valence-corrected chi connectivity index (χ3v) is 5.04. The molecule has 0 unspecified atom stereocenters. The van der Waals surface area contributed by atoms with Crippen LogP contribution in [0.4, 0.5) is 0 Å². The Morgan fingerprint density at radius 2 is 1.29 bits per heavy atom. The molecule has 0 amide bonds. The summed E-state index contributed by atoms with van der Waals surface area (Å²) in [7, 11) is 0. The minimum absolute atomic E-state index is 0.0392. The molecule has 1 fully saturated rings. The summed E-state index contributed by atoms with van der Waals surface area (Å²) in [5.74, 6) is 0. The summed E-state index contributed by atoms with van der Waals surface area (Å²) in [4.78, 5) is 0. The third kappa shape index (κ3) is 8.83. The van der Waals surface area contributed by atoms with Crippen LogP contribution in [0.2, 0.25) is 0 Å². The fourth-order valence-corrected chi connectivity index (χ4v) is 3.48. The van der Waals surface area contributed by atoms with E-state index in [1.807, 2.05) is 0 Å². The van der Waals surface area contributed by atoms with Gasteiger partial charge in [-0.25, -0.2) is 0 Å². The zero-order chi connectivity index (χ0) is 15.2. The van der Waals surface area contributed by atoms with Crippen LogP contribution < -0.4 is 5.73 Å². The minimum atomic E-state index is 0.0392. The molecule has 0 radical (unpaired) electrons. The average molecular weight is 298 g/mol. The Bertz CT molecular complexity index is 224. The van der Waals surface area contributed by atoms with E-state index in [9.17, 15) is 0 Å². The normalized spacial score (nSPS) is 18.0. The Morgan fingerprint density at radius 3 is 1.81 bits per heavy atom. The van der Waals surface area contributed by atoms with Crippen LogP contribution in [0.1, 0.15) is 103 Å². The Morgan fingerprint density at radius 1 is 0.762 bits per heavy atom. The van der Waals surface area contributed by atoms with Crippen LogP contribution in [0.25, 0.3) is 0 Å². The van der Waals surface area contributed by atoms with Gasteiger partial charge in [-0.05, 0) is 19.3 Å². The van der Waals surface area contributed by atoms with E-state index in [1.54, 1.807) is 0 Å². The topological polar surface area (TPSA) is 35.2 Å². The molecule has 2 nitrogen and oxygen atoms in total. The molecule has 0 spiro atoms. The van der Waals surface area contributed by atoms with Crippen molar-refractivity contribution in [2.24, 2.45) is 5.73 Å². The molecule has 0 heterocycles. The fraction of sp³-hybridized carbons (Fsp3) is 1.00. The number of rotatable bonds is 13. The van der Waals surface area contributed by atoms with Crippen molar-refractivity contribution in [3.05, 3.63) is 0 Å². The van der Waals surface area contributed by atoms with Crippen molar-refractivity contribution in [2.75, 3.05) is 13.2 Å². The summed E-state index contributed by atoms with van der Waals surface area (Å²) >= 11 is 0. The first kappa shape index (κ1) is 19.0. The lowest BCUT2D eigenvalue weighted by molar-refractivity contribution is -0.0643. The van der Waals surface area contributed by atoms with Crippen LogP contribution >= 0.6 is 0 Å². The molecule has 2 heteroatoms. The van der Waals surface area contributed by atoms with Crippen molar-refractivity contribution in [3.63, 3.8) is 0 Å². The largest absolute Gasteiger partial charge is 0.374 e. The van der Waals surface area contributed by atoms with Crippen molar-refractivity contribution in [3.8, 4) is 0 Å². The van der Waals surface area contributed by atoms with Gasteiger partial charge in [0.1, 0.15) is 0 Å². The van der Waals surface area contributed by atoms with Crippen molar-refractivity contribution in [1.82, 2.24) is 0 Å². The van der Waals surface area contributed by atoms with Crippen LogP contribution in [0.3, 0.4) is 0 Å². The second kappa shape index (κ2) is 12.5. The molecule has 1 rings (SSSR count). The van der Waals surface area contributed by atoms with Crippen LogP contribution in [0.5, 0.6) is 0 Å². The van der Waals surface area contributed by atoms with Gasteiger partial charge < -0.3 is 10.5 Å². The van der Waals surface area contributed by atoms with Gasteiger partial charge in [0.25, 0.3) is 0 Å². The van der Waals surface area contributed by atoms with Gasteiger partial charge in [0, 0.05) is 13.2 Å². The SMILES string of the molecule is CCCCCCCCCCCCOC1(CN)CCCCC1. The lowest BCUT2D eigenvalue weighted by Crippen LogP contribution is -2.42. The van der Waals surface area contributed by atoms with Gasteiger partial charge in [0.05, 0.1) is 5.60 Å². The molecular formula is C19H39NO. The maximum Gasteiger partial charge on any atom is 0.0804 e. The fourth-order valence-electron chi connectivity index (χ4n) is 3.48.